The standard InChI is InChI=1S/C23H25ClN4O4S/c24-14-11-28(19-15(29)12-32-20(14)19)23(31)18(13-5-2-1-3-6-13)27-22(30)17-8-7-16(33-17)21-25-9-4-10-26-21/h4,7-10,13-14,18-20H,1-3,5-6,11-12H2,(H,27,30)/t14-,18-,19+,20+/m0/s1. The molecule has 0 radical (unpaired) electrons. The van der Waals surface area contributed by atoms with Gasteiger partial charge in [-0.2, -0.15) is 0 Å². The van der Waals surface area contributed by atoms with Crippen LogP contribution in [0, 0.1) is 5.92 Å². The lowest BCUT2D eigenvalue weighted by atomic mass is 9.83. The Hall–Kier alpha value is -2.36. The summed E-state index contributed by atoms with van der Waals surface area (Å²) in [5, 5.41) is 2.57. The summed E-state index contributed by atoms with van der Waals surface area (Å²) in [5.74, 6) is -0.0977. The van der Waals surface area contributed by atoms with Crippen LogP contribution >= 0.6 is 22.9 Å². The first-order chi connectivity index (χ1) is 16.0. The Labute approximate surface area is 200 Å². The smallest absolute Gasteiger partial charge is 0.262 e. The number of hydrogen-bond acceptors (Lipinski definition) is 7. The summed E-state index contributed by atoms with van der Waals surface area (Å²) in [6.07, 6.45) is 7.72. The van der Waals surface area contributed by atoms with Crippen LogP contribution in [0.15, 0.2) is 30.6 Å². The van der Waals surface area contributed by atoms with E-state index in [2.05, 4.69) is 15.3 Å². The van der Waals surface area contributed by atoms with Gasteiger partial charge in [0.2, 0.25) is 5.91 Å². The lowest BCUT2D eigenvalue weighted by Gasteiger charge is -2.34. The molecule has 0 aromatic carbocycles. The quantitative estimate of drug-likeness (QED) is 0.649. The average molecular weight is 489 g/mol. The molecule has 2 aromatic heterocycles. The first kappa shape index (κ1) is 22.4. The molecule has 5 rings (SSSR count). The highest BCUT2D eigenvalue weighted by molar-refractivity contribution is 7.17. The number of amides is 2. The highest BCUT2D eigenvalue weighted by Crippen LogP contribution is 2.34. The van der Waals surface area contributed by atoms with Gasteiger partial charge < -0.3 is 15.0 Å². The van der Waals surface area contributed by atoms with Gasteiger partial charge in [0, 0.05) is 18.9 Å². The number of carbonyl (C=O) groups is 3. The predicted octanol–water partition coefficient (Wildman–Crippen LogP) is 2.67. The second-order valence-corrected chi connectivity index (χ2v) is 10.4. The molecule has 8 nitrogen and oxygen atoms in total. The van der Waals surface area contributed by atoms with Gasteiger partial charge in [-0.05, 0) is 37.0 Å². The van der Waals surface area contributed by atoms with Crippen LogP contribution in [0.5, 0.6) is 0 Å². The molecule has 174 valence electrons. The highest BCUT2D eigenvalue weighted by Gasteiger charge is 2.53. The molecule has 2 saturated heterocycles. The van der Waals surface area contributed by atoms with E-state index in [4.69, 9.17) is 16.3 Å². The van der Waals surface area contributed by atoms with Crippen molar-refractivity contribution >= 4 is 40.5 Å². The van der Waals surface area contributed by atoms with Crippen molar-refractivity contribution in [2.75, 3.05) is 13.2 Å². The molecule has 4 heterocycles. The maximum Gasteiger partial charge on any atom is 0.262 e. The van der Waals surface area contributed by atoms with Crippen LogP contribution in [0.3, 0.4) is 0 Å². The van der Waals surface area contributed by atoms with Crippen molar-refractivity contribution in [1.29, 1.82) is 0 Å². The number of ketones is 1. The van der Waals surface area contributed by atoms with E-state index in [1.807, 2.05) is 6.07 Å². The second kappa shape index (κ2) is 9.48. The summed E-state index contributed by atoms with van der Waals surface area (Å²) < 4.78 is 5.53. The van der Waals surface area contributed by atoms with Gasteiger partial charge in [-0.3, -0.25) is 14.4 Å². The molecule has 0 unspecified atom stereocenters. The Balaban J connectivity index is 1.37. The number of halogens is 1. The van der Waals surface area contributed by atoms with E-state index in [0.29, 0.717) is 10.7 Å². The van der Waals surface area contributed by atoms with Crippen LogP contribution in [0.4, 0.5) is 0 Å². The molecule has 2 aliphatic heterocycles. The van der Waals surface area contributed by atoms with Crippen molar-refractivity contribution in [3.8, 4) is 10.7 Å². The number of ether oxygens (including phenoxy) is 1. The Morgan fingerprint density at radius 3 is 2.70 bits per heavy atom. The summed E-state index contributed by atoms with van der Waals surface area (Å²) in [6, 6.07) is 3.91. The molecule has 3 aliphatic rings. The number of rotatable bonds is 5. The fraction of sp³-hybridized carbons (Fsp3) is 0.522. The molecular weight excluding hydrogens is 464 g/mol. The number of fused-ring (bicyclic) bond motifs is 1. The van der Waals surface area contributed by atoms with Crippen LogP contribution in [0.25, 0.3) is 10.7 Å². The number of thiophene rings is 1. The molecule has 0 spiro atoms. The molecule has 1 aliphatic carbocycles. The van der Waals surface area contributed by atoms with Gasteiger partial charge in [0.05, 0.1) is 15.1 Å². The van der Waals surface area contributed by atoms with Gasteiger partial charge in [-0.1, -0.05) is 19.3 Å². The van der Waals surface area contributed by atoms with E-state index in [0.717, 1.165) is 37.0 Å². The normalized spacial score (nSPS) is 26.3. The molecule has 4 atom stereocenters. The zero-order valence-electron chi connectivity index (χ0n) is 18.0. The summed E-state index contributed by atoms with van der Waals surface area (Å²) in [7, 11) is 0. The molecule has 2 amide bonds. The van der Waals surface area contributed by atoms with Crippen molar-refractivity contribution in [3.05, 3.63) is 35.5 Å². The van der Waals surface area contributed by atoms with Gasteiger partial charge >= 0.3 is 0 Å². The van der Waals surface area contributed by atoms with Gasteiger partial charge in [0.15, 0.2) is 11.6 Å². The number of hydrogen-bond donors (Lipinski definition) is 1. The molecule has 33 heavy (non-hydrogen) atoms. The Morgan fingerprint density at radius 1 is 1.18 bits per heavy atom. The van der Waals surface area contributed by atoms with Gasteiger partial charge in [-0.15, -0.1) is 22.9 Å². The number of carbonyl (C=O) groups excluding carboxylic acids is 3. The summed E-state index contributed by atoms with van der Waals surface area (Å²) in [5.41, 5.74) is 0. The van der Waals surface area contributed by atoms with Crippen LogP contribution in [0.1, 0.15) is 41.8 Å². The molecule has 2 aromatic rings. The summed E-state index contributed by atoms with van der Waals surface area (Å²) in [6.45, 7) is 0.220. The Kier molecular flexibility index (Phi) is 6.44. The minimum atomic E-state index is -0.702. The number of likely N-dealkylation sites (tertiary alicyclic amines) is 1. The second-order valence-electron chi connectivity index (χ2n) is 8.78. The topological polar surface area (TPSA) is 101 Å². The first-order valence-corrected chi connectivity index (χ1v) is 12.5. The third-order valence-electron chi connectivity index (χ3n) is 6.70. The zero-order chi connectivity index (χ0) is 22.9. The zero-order valence-corrected chi connectivity index (χ0v) is 19.6. The fourth-order valence-electron chi connectivity index (χ4n) is 5.07. The third kappa shape index (κ3) is 4.41. The number of aromatic nitrogens is 2. The molecule has 0 bridgehead atoms. The van der Waals surface area contributed by atoms with Crippen molar-refractivity contribution in [3.63, 3.8) is 0 Å². The largest absolute Gasteiger partial charge is 0.366 e. The van der Waals surface area contributed by atoms with E-state index in [1.54, 1.807) is 24.5 Å². The maximum absolute atomic E-state index is 13.7. The average Bonchev–Trinajstić information content (AvgIpc) is 3.56. The Bertz CT molecular complexity index is 1040. The summed E-state index contributed by atoms with van der Waals surface area (Å²) in [4.78, 5) is 50.6. The van der Waals surface area contributed by atoms with Crippen molar-refractivity contribution in [2.45, 2.75) is 55.7 Å². The van der Waals surface area contributed by atoms with E-state index in [9.17, 15) is 14.4 Å². The highest BCUT2D eigenvalue weighted by atomic mass is 35.5. The molecule has 1 saturated carbocycles. The summed E-state index contributed by atoms with van der Waals surface area (Å²) >= 11 is 7.69. The molecular formula is C23H25ClN4O4S. The first-order valence-electron chi connectivity index (χ1n) is 11.3. The van der Waals surface area contributed by atoms with E-state index < -0.39 is 23.6 Å². The monoisotopic (exact) mass is 488 g/mol. The van der Waals surface area contributed by atoms with Crippen LogP contribution < -0.4 is 5.32 Å². The molecule has 10 heteroatoms. The molecule has 1 N–H and O–H groups in total. The number of Topliss-reactive ketones (excluding diaryl/α,β-unsaturated/α-hetero) is 1. The lowest BCUT2D eigenvalue weighted by Crippen LogP contribution is -2.55. The third-order valence-corrected chi connectivity index (χ3v) is 8.16. The van der Waals surface area contributed by atoms with Crippen molar-refractivity contribution in [1.82, 2.24) is 20.2 Å². The fourth-order valence-corrected chi connectivity index (χ4v) is 6.29. The maximum atomic E-state index is 13.7. The van der Waals surface area contributed by atoms with Crippen molar-refractivity contribution < 1.29 is 19.1 Å². The van der Waals surface area contributed by atoms with E-state index in [1.165, 1.54) is 16.2 Å². The SMILES string of the molecule is O=C(N[C@H](C(=O)N1C[C@H](Cl)[C@H]2OCC(=O)[C@H]21)C1CCCCC1)c1ccc(-c2ncccn2)s1. The minimum absolute atomic E-state index is 0.0253. The number of nitrogens with one attached hydrogen (secondary N) is 1. The van der Waals surface area contributed by atoms with Gasteiger partial charge in [0.1, 0.15) is 24.8 Å². The number of alkyl halides is 1. The predicted molar refractivity (Wildman–Crippen MR) is 123 cm³/mol. The van der Waals surface area contributed by atoms with Gasteiger partial charge in [-0.25, -0.2) is 9.97 Å². The Morgan fingerprint density at radius 2 is 1.94 bits per heavy atom. The van der Waals surface area contributed by atoms with Crippen LogP contribution in [-0.4, -0.2) is 69.2 Å². The van der Waals surface area contributed by atoms with Crippen molar-refractivity contribution in [2.24, 2.45) is 5.92 Å². The van der Waals surface area contributed by atoms with E-state index in [-0.39, 0.29) is 36.7 Å². The van der Waals surface area contributed by atoms with Gasteiger partial charge in [0.25, 0.3) is 5.91 Å². The minimum Gasteiger partial charge on any atom is -0.366 e. The molecule has 3 fully saturated rings. The van der Waals surface area contributed by atoms with Crippen LogP contribution in [-0.2, 0) is 14.3 Å². The lowest BCUT2D eigenvalue weighted by molar-refractivity contribution is -0.139. The number of nitrogens with zero attached hydrogens (tertiary/aromatic N) is 3. The van der Waals surface area contributed by atoms with Crippen LogP contribution in [0.2, 0.25) is 0 Å². The van der Waals surface area contributed by atoms with E-state index >= 15 is 0 Å².